The summed E-state index contributed by atoms with van der Waals surface area (Å²) in [7, 11) is 0. The summed E-state index contributed by atoms with van der Waals surface area (Å²) in [5.41, 5.74) is 0.215. The van der Waals surface area contributed by atoms with Gasteiger partial charge in [0.25, 0.3) is 0 Å². The van der Waals surface area contributed by atoms with Gasteiger partial charge in [0, 0.05) is 5.92 Å². The zero-order chi connectivity index (χ0) is 7.84. The SMILES string of the molecule is O=C(O)c1cnoc1C1CC1. The highest BCUT2D eigenvalue weighted by Crippen LogP contribution is 2.41. The molecule has 1 aromatic rings. The van der Waals surface area contributed by atoms with E-state index in [0.717, 1.165) is 12.8 Å². The van der Waals surface area contributed by atoms with Crippen LogP contribution in [-0.4, -0.2) is 16.2 Å². The lowest BCUT2D eigenvalue weighted by atomic mass is 10.2. The molecule has 1 heterocycles. The molecule has 0 unspecified atom stereocenters. The van der Waals surface area contributed by atoms with E-state index in [9.17, 15) is 4.79 Å². The number of rotatable bonds is 2. The fourth-order valence-electron chi connectivity index (χ4n) is 1.05. The largest absolute Gasteiger partial charge is 0.478 e. The van der Waals surface area contributed by atoms with Crippen molar-refractivity contribution in [3.63, 3.8) is 0 Å². The second-order valence-electron chi connectivity index (χ2n) is 2.68. The Morgan fingerprint density at radius 1 is 1.73 bits per heavy atom. The lowest BCUT2D eigenvalue weighted by Crippen LogP contribution is -1.97. The highest BCUT2D eigenvalue weighted by atomic mass is 16.5. The van der Waals surface area contributed by atoms with E-state index in [1.165, 1.54) is 6.20 Å². The summed E-state index contributed by atoms with van der Waals surface area (Å²) in [4.78, 5) is 10.5. The van der Waals surface area contributed by atoms with Gasteiger partial charge in [0.2, 0.25) is 0 Å². The Labute approximate surface area is 62.8 Å². The first kappa shape index (κ1) is 6.39. The number of aromatic carboxylic acids is 1. The number of nitrogens with zero attached hydrogens (tertiary/aromatic N) is 1. The molecule has 0 aliphatic heterocycles. The Balaban J connectivity index is 2.37. The van der Waals surface area contributed by atoms with Gasteiger partial charge in [-0.15, -0.1) is 0 Å². The maximum absolute atomic E-state index is 10.5. The van der Waals surface area contributed by atoms with Gasteiger partial charge in [0.05, 0.1) is 6.20 Å². The van der Waals surface area contributed by atoms with Crippen molar-refractivity contribution in [2.24, 2.45) is 0 Å². The minimum Gasteiger partial charge on any atom is -0.478 e. The van der Waals surface area contributed by atoms with E-state index >= 15 is 0 Å². The van der Waals surface area contributed by atoms with Crippen molar-refractivity contribution in [1.29, 1.82) is 0 Å². The highest BCUT2D eigenvalue weighted by molar-refractivity contribution is 5.88. The first-order valence-corrected chi connectivity index (χ1v) is 3.47. The first-order chi connectivity index (χ1) is 5.29. The number of hydrogen-bond donors (Lipinski definition) is 1. The molecule has 0 bridgehead atoms. The van der Waals surface area contributed by atoms with Gasteiger partial charge >= 0.3 is 5.97 Å². The van der Waals surface area contributed by atoms with Crippen molar-refractivity contribution in [2.45, 2.75) is 18.8 Å². The molecule has 0 amide bonds. The fraction of sp³-hybridized carbons (Fsp3) is 0.429. The summed E-state index contributed by atoms with van der Waals surface area (Å²) in [6, 6.07) is 0. The van der Waals surface area contributed by atoms with Crippen LogP contribution in [0.25, 0.3) is 0 Å². The second kappa shape index (κ2) is 2.08. The van der Waals surface area contributed by atoms with Gasteiger partial charge in [-0.3, -0.25) is 0 Å². The van der Waals surface area contributed by atoms with Crippen LogP contribution in [0.5, 0.6) is 0 Å². The monoisotopic (exact) mass is 153 g/mol. The quantitative estimate of drug-likeness (QED) is 0.694. The molecule has 1 fully saturated rings. The molecule has 0 radical (unpaired) electrons. The Morgan fingerprint density at radius 2 is 2.45 bits per heavy atom. The van der Waals surface area contributed by atoms with Crippen LogP contribution in [0, 0.1) is 0 Å². The Hall–Kier alpha value is -1.32. The van der Waals surface area contributed by atoms with Gasteiger partial charge in [-0.2, -0.15) is 0 Å². The number of carbonyl (C=O) groups is 1. The van der Waals surface area contributed by atoms with Crippen molar-refractivity contribution in [2.75, 3.05) is 0 Å². The third-order valence-electron chi connectivity index (χ3n) is 1.78. The third-order valence-corrected chi connectivity index (χ3v) is 1.78. The van der Waals surface area contributed by atoms with Crippen molar-refractivity contribution in [3.05, 3.63) is 17.5 Å². The summed E-state index contributed by atoms with van der Waals surface area (Å²) in [5, 5.41) is 12.1. The predicted molar refractivity (Wildman–Crippen MR) is 35.4 cm³/mol. The van der Waals surface area contributed by atoms with E-state index in [-0.39, 0.29) is 5.56 Å². The van der Waals surface area contributed by atoms with Gasteiger partial charge in [-0.1, -0.05) is 5.16 Å². The van der Waals surface area contributed by atoms with E-state index in [1.54, 1.807) is 0 Å². The molecule has 11 heavy (non-hydrogen) atoms. The zero-order valence-electron chi connectivity index (χ0n) is 5.78. The molecule has 0 atom stereocenters. The van der Waals surface area contributed by atoms with E-state index in [2.05, 4.69) is 5.16 Å². The maximum Gasteiger partial charge on any atom is 0.340 e. The van der Waals surface area contributed by atoms with Crippen LogP contribution in [0.1, 0.15) is 34.9 Å². The average molecular weight is 153 g/mol. The van der Waals surface area contributed by atoms with E-state index in [4.69, 9.17) is 9.63 Å². The van der Waals surface area contributed by atoms with Crippen LogP contribution in [0.2, 0.25) is 0 Å². The average Bonchev–Trinajstić information content (AvgIpc) is 2.68. The van der Waals surface area contributed by atoms with E-state index in [0.29, 0.717) is 11.7 Å². The molecule has 1 N–H and O–H groups in total. The van der Waals surface area contributed by atoms with Crippen LogP contribution in [0.4, 0.5) is 0 Å². The lowest BCUT2D eigenvalue weighted by molar-refractivity contribution is 0.0694. The minimum absolute atomic E-state index is 0.215. The Kier molecular flexibility index (Phi) is 1.21. The fourth-order valence-corrected chi connectivity index (χ4v) is 1.05. The summed E-state index contributed by atoms with van der Waals surface area (Å²) in [6.07, 6.45) is 3.31. The van der Waals surface area contributed by atoms with Crippen LogP contribution in [-0.2, 0) is 0 Å². The highest BCUT2D eigenvalue weighted by Gasteiger charge is 2.32. The van der Waals surface area contributed by atoms with Crippen LogP contribution in [0.3, 0.4) is 0 Å². The molecule has 0 spiro atoms. The molecule has 4 heteroatoms. The topological polar surface area (TPSA) is 63.3 Å². The van der Waals surface area contributed by atoms with Gasteiger partial charge in [-0.25, -0.2) is 4.79 Å². The van der Waals surface area contributed by atoms with E-state index in [1.807, 2.05) is 0 Å². The molecule has 1 aromatic heterocycles. The zero-order valence-corrected chi connectivity index (χ0v) is 5.78. The van der Waals surface area contributed by atoms with Gasteiger partial charge in [0.1, 0.15) is 5.56 Å². The van der Waals surface area contributed by atoms with E-state index < -0.39 is 5.97 Å². The lowest BCUT2D eigenvalue weighted by Gasteiger charge is -1.89. The Bertz CT molecular complexity index is 288. The van der Waals surface area contributed by atoms with Gasteiger partial charge < -0.3 is 9.63 Å². The third kappa shape index (κ3) is 1.00. The standard InChI is InChI=1S/C7H7NO3/c9-7(10)5-3-8-11-6(5)4-1-2-4/h3-4H,1-2H2,(H,9,10). The first-order valence-electron chi connectivity index (χ1n) is 3.47. The molecular formula is C7H7NO3. The number of carboxylic acids is 1. The number of hydrogen-bond acceptors (Lipinski definition) is 3. The van der Waals surface area contributed by atoms with Crippen LogP contribution < -0.4 is 0 Å². The second-order valence-corrected chi connectivity index (χ2v) is 2.68. The smallest absolute Gasteiger partial charge is 0.340 e. The molecule has 0 aromatic carbocycles. The predicted octanol–water partition coefficient (Wildman–Crippen LogP) is 1.25. The van der Waals surface area contributed by atoms with Crippen molar-refractivity contribution in [3.8, 4) is 0 Å². The molecule has 1 aliphatic rings. The van der Waals surface area contributed by atoms with Gasteiger partial charge in [0.15, 0.2) is 5.76 Å². The van der Waals surface area contributed by atoms with Gasteiger partial charge in [-0.05, 0) is 12.8 Å². The maximum atomic E-state index is 10.5. The summed E-state index contributed by atoms with van der Waals surface area (Å²) >= 11 is 0. The summed E-state index contributed by atoms with van der Waals surface area (Å²) in [6.45, 7) is 0. The van der Waals surface area contributed by atoms with Crippen molar-refractivity contribution < 1.29 is 14.4 Å². The van der Waals surface area contributed by atoms with Crippen LogP contribution >= 0.6 is 0 Å². The normalized spacial score (nSPS) is 16.7. The van der Waals surface area contributed by atoms with Crippen LogP contribution in [0.15, 0.2) is 10.7 Å². The summed E-state index contributed by atoms with van der Waals surface area (Å²) in [5.74, 6) is -0.103. The van der Waals surface area contributed by atoms with Crippen molar-refractivity contribution in [1.82, 2.24) is 5.16 Å². The molecule has 4 nitrogen and oxygen atoms in total. The molecule has 1 saturated carbocycles. The Morgan fingerprint density at radius 3 is 3.00 bits per heavy atom. The minimum atomic E-state index is -0.951. The molecule has 1 aliphatic carbocycles. The number of carboxylic acid groups (broad SMARTS) is 1. The molecular weight excluding hydrogens is 146 g/mol. The molecule has 58 valence electrons. The summed E-state index contributed by atoms with van der Waals surface area (Å²) < 4.78 is 4.82. The van der Waals surface area contributed by atoms with Crippen molar-refractivity contribution >= 4 is 5.97 Å². The molecule has 0 saturated heterocycles. The molecule has 2 rings (SSSR count). The number of aromatic nitrogens is 1.